The molecule has 0 amide bonds. The van der Waals surface area contributed by atoms with E-state index in [0.29, 0.717) is 6.07 Å². The Hall–Kier alpha value is -1.17. The summed E-state index contributed by atoms with van der Waals surface area (Å²) in [5, 5.41) is 8.50. The van der Waals surface area contributed by atoms with Gasteiger partial charge in [-0.15, -0.1) is 12.6 Å². The van der Waals surface area contributed by atoms with Crippen molar-refractivity contribution in [1.82, 2.24) is 0 Å². The molecule has 1 aromatic carbocycles. The third kappa shape index (κ3) is 2.41. The van der Waals surface area contributed by atoms with E-state index in [1.807, 2.05) is 0 Å². The van der Waals surface area contributed by atoms with Crippen LogP contribution in [0.25, 0.3) is 0 Å². The van der Waals surface area contributed by atoms with Crippen LogP contribution in [-0.4, -0.2) is 11.1 Å². The molecule has 0 aliphatic rings. The maximum atomic E-state index is 12.2. The number of benzene rings is 1. The van der Waals surface area contributed by atoms with E-state index in [1.165, 1.54) is 0 Å². The van der Waals surface area contributed by atoms with Gasteiger partial charge < -0.3 is 5.11 Å². The molecule has 0 radical (unpaired) electrons. The normalized spacial score (nSPS) is 11.4. The lowest BCUT2D eigenvalue weighted by atomic mass is 10.1. The Kier molecular flexibility index (Phi) is 2.75. The van der Waals surface area contributed by atoms with Gasteiger partial charge in [0.1, 0.15) is 0 Å². The van der Waals surface area contributed by atoms with Crippen LogP contribution >= 0.6 is 12.6 Å². The van der Waals surface area contributed by atoms with Crippen LogP contribution in [0, 0.1) is 0 Å². The standard InChI is InChI=1S/C8H5F3O2S/c9-8(10,11)5-1-4(7(12)13)2-6(14)3-5/h1-3,14H,(H,12,13). The van der Waals surface area contributed by atoms with E-state index < -0.39 is 23.3 Å². The van der Waals surface area contributed by atoms with Gasteiger partial charge in [-0.25, -0.2) is 4.79 Å². The molecule has 0 bridgehead atoms. The van der Waals surface area contributed by atoms with Gasteiger partial charge in [-0.05, 0) is 18.2 Å². The van der Waals surface area contributed by atoms with Crippen LogP contribution in [0.1, 0.15) is 15.9 Å². The van der Waals surface area contributed by atoms with Gasteiger partial charge in [-0.1, -0.05) is 0 Å². The molecule has 0 fully saturated rings. The van der Waals surface area contributed by atoms with Crippen LogP contribution < -0.4 is 0 Å². The van der Waals surface area contributed by atoms with Crippen LogP contribution in [0.5, 0.6) is 0 Å². The second-order valence-electron chi connectivity index (χ2n) is 2.57. The van der Waals surface area contributed by atoms with E-state index in [0.717, 1.165) is 12.1 Å². The Morgan fingerprint density at radius 3 is 2.29 bits per heavy atom. The van der Waals surface area contributed by atoms with Gasteiger partial charge in [0.15, 0.2) is 0 Å². The first-order valence-corrected chi connectivity index (χ1v) is 3.90. The Morgan fingerprint density at radius 2 is 1.86 bits per heavy atom. The van der Waals surface area contributed by atoms with Crippen molar-refractivity contribution in [2.75, 3.05) is 0 Å². The quantitative estimate of drug-likeness (QED) is 0.717. The maximum absolute atomic E-state index is 12.2. The van der Waals surface area contributed by atoms with Crippen LogP contribution in [0.15, 0.2) is 23.1 Å². The lowest BCUT2D eigenvalue weighted by molar-refractivity contribution is -0.137. The molecule has 0 aliphatic carbocycles. The van der Waals surface area contributed by atoms with Gasteiger partial charge in [0.25, 0.3) is 0 Å². The van der Waals surface area contributed by atoms with Gasteiger partial charge >= 0.3 is 12.1 Å². The number of aromatic carboxylic acids is 1. The second-order valence-corrected chi connectivity index (χ2v) is 3.09. The summed E-state index contributed by atoms with van der Waals surface area (Å²) in [5.74, 6) is -1.41. The summed E-state index contributed by atoms with van der Waals surface area (Å²) in [6.45, 7) is 0. The zero-order valence-corrected chi connectivity index (χ0v) is 7.56. The number of halogens is 3. The van der Waals surface area contributed by atoms with E-state index in [2.05, 4.69) is 12.6 Å². The molecule has 0 atom stereocenters. The van der Waals surface area contributed by atoms with Crippen molar-refractivity contribution >= 4 is 18.6 Å². The summed E-state index contributed by atoms with van der Waals surface area (Å²) in [6, 6.07) is 2.40. The minimum Gasteiger partial charge on any atom is -0.478 e. The summed E-state index contributed by atoms with van der Waals surface area (Å²) in [6.07, 6.45) is -4.55. The van der Waals surface area contributed by atoms with Gasteiger partial charge in [0.05, 0.1) is 11.1 Å². The van der Waals surface area contributed by atoms with Crippen molar-refractivity contribution in [2.24, 2.45) is 0 Å². The summed E-state index contributed by atoms with van der Waals surface area (Å²) >= 11 is 3.69. The highest BCUT2D eigenvalue weighted by Gasteiger charge is 2.31. The molecule has 2 nitrogen and oxygen atoms in total. The number of carboxylic acid groups (broad SMARTS) is 1. The smallest absolute Gasteiger partial charge is 0.416 e. The lowest BCUT2D eigenvalue weighted by Crippen LogP contribution is -2.07. The molecule has 76 valence electrons. The highest BCUT2D eigenvalue weighted by atomic mass is 32.1. The number of carboxylic acids is 1. The van der Waals surface area contributed by atoms with Gasteiger partial charge in [-0.3, -0.25) is 0 Å². The van der Waals surface area contributed by atoms with Gasteiger partial charge in [0, 0.05) is 4.90 Å². The fraction of sp³-hybridized carbons (Fsp3) is 0.125. The zero-order chi connectivity index (χ0) is 10.9. The Bertz CT molecular complexity index is 373. The monoisotopic (exact) mass is 222 g/mol. The van der Waals surface area contributed by atoms with E-state index in [4.69, 9.17) is 5.11 Å². The van der Waals surface area contributed by atoms with E-state index in [1.54, 1.807) is 0 Å². The summed E-state index contributed by atoms with van der Waals surface area (Å²) in [4.78, 5) is 10.4. The fourth-order valence-corrected chi connectivity index (χ4v) is 1.18. The number of carbonyl (C=O) groups is 1. The molecule has 14 heavy (non-hydrogen) atoms. The predicted molar refractivity (Wildman–Crippen MR) is 45.7 cm³/mol. The van der Waals surface area contributed by atoms with Crippen LogP contribution in [0.4, 0.5) is 13.2 Å². The molecule has 6 heteroatoms. The SMILES string of the molecule is O=C(O)c1cc(S)cc(C(F)(F)F)c1. The Balaban J connectivity index is 3.28. The molecular weight excluding hydrogens is 217 g/mol. The number of hydrogen-bond acceptors (Lipinski definition) is 2. The van der Waals surface area contributed by atoms with Crippen LogP contribution in [0.3, 0.4) is 0 Å². The molecule has 0 saturated heterocycles. The Morgan fingerprint density at radius 1 is 1.29 bits per heavy atom. The third-order valence-electron chi connectivity index (χ3n) is 1.49. The first-order chi connectivity index (χ1) is 6.30. The van der Waals surface area contributed by atoms with E-state index in [-0.39, 0.29) is 4.90 Å². The number of thiol groups is 1. The second kappa shape index (κ2) is 3.53. The third-order valence-corrected chi connectivity index (χ3v) is 1.75. The molecule has 0 heterocycles. The van der Waals surface area contributed by atoms with Gasteiger partial charge in [0.2, 0.25) is 0 Å². The molecule has 1 aromatic rings. The molecular formula is C8H5F3O2S. The van der Waals surface area contributed by atoms with Crippen LogP contribution in [0.2, 0.25) is 0 Å². The summed E-state index contributed by atoms with van der Waals surface area (Å²) in [7, 11) is 0. The van der Waals surface area contributed by atoms with Crippen LogP contribution in [-0.2, 0) is 6.18 Å². The summed E-state index contributed by atoms with van der Waals surface area (Å²) in [5.41, 5.74) is -1.44. The Labute approximate surface area is 82.8 Å². The topological polar surface area (TPSA) is 37.3 Å². The molecule has 0 aliphatic heterocycles. The summed E-state index contributed by atoms with van der Waals surface area (Å²) < 4.78 is 36.6. The van der Waals surface area contributed by atoms with Crippen molar-refractivity contribution in [3.05, 3.63) is 29.3 Å². The molecule has 0 spiro atoms. The van der Waals surface area contributed by atoms with Crippen molar-refractivity contribution in [3.63, 3.8) is 0 Å². The highest BCUT2D eigenvalue weighted by Crippen LogP contribution is 2.31. The largest absolute Gasteiger partial charge is 0.478 e. The molecule has 0 aromatic heterocycles. The van der Waals surface area contributed by atoms with Gasteiger partial charge in [-0.2, -0.15) is 13.2 Å². The predicted octanol–water partition coefficient (Wildman–Crippen LogP) is 2.69. The minimum absolute atomic E-state index is 0.0303. The first-order valence-electron chi connectivity index (χ1n) is 3.45. The molecule has 0 saturated carbocycles. The average molecular weight is 222 g/mol. The number of hydrogen-bond donors (Lipinski definition) is 2. The molecule has 1 rings (SSSR count). The molecule has 0 unspecified atom stereocenters. The lowest BCUT2D eigenvalue weighted by Gasteiger charge is -2.07. The zero-order valence-electron chi connectivity index (χ0n) is 6.67. The average Bonchev–Trinajstić information content (AvgIpc) is 2.01. The van der Waals surface area contributed by atoms with Crippen molar-refractivity contribution in [3.8, 4) is 0 Å². The highest BCUT2D eigenvalue weighted by molar-refractivity contribution is 7.80. The first kappa shape index (κ1) is 10.9. The van der Waals surface area contributed by atoms with E-state index >= 15 is 0 Å². The number of rotatable bonds is 1. The minimum atomic E-state index is -4.55. The maximum Gasteiger partial charge on any atom is 0.416 e. The number of alkyl halides is 3. The van der Waals surface area contributed by atoms with Crippen molar-refractivity contribution < 1.29 is 23.1 Å². The van der Waals surface area contributed by atoms with Crippen molar-refractivity contribution in [2.45, 2.75) is 11.1 Å². The molecule has 1 N–H and O–H groups in total. The van der Waals surface area contributed by atoms with Crippen molar-refractivity contribution in [1.29, 1.82) is 0 Å². The fourth-order valence-electron chi connectivity index (χ4n) is 0.898. The van der Waals surface area contributed by atoms with E-state index in [9.17, 15) is 18.0 Å².